The third-order valence-corrected chi connectivity index (χ3v) is 6.10. The van der Waals surface area contributed by atoms with Gasteiger partial charge in [-0.25, -0.2) is 4.79 Å². The summed E-state index contributed by atoms with van der Waals surface area (Å²) in [6.45, 7) is 13.0. The van der Waals surface area contributed by atoms with Crippen LogP contribution < -0.4 is 0 Å². The largest absolute Gasteiger partial charge is 0.425 e. The highest BCUT2D eigenvalue weighted by Gasteiger charge is 2.60. The Morgan fingerprint density at radius 3 is 2.09 bits per heavy atom. The van der Waals surface area contributed by atoms with Crippen molar-refractivity contribution in [1.82, 2.24) is 4.90 Å². The van der Waals surface area contributed by atoms with Gasteiger partial charge < -0.3 is 28.4 Å². The molecule has 0 aromatic heterocycles. The maximum atomic E-state index is 13.3. The van der Waals surface area contributed by atoms with Crippen molar-refractivity contribution in [2.24, 2.45) is 5.92 Å². The minimum atomic E-state index is -1.36. The van der Waals surface area contributed by atoms with Gasteiger partial charge in [0.25, 0.3) is 5.79 Å². The Hall–Kier alpha value is -1.55. The Labute approximate surface area is 198 Å². The van der Waals surface area contributed by atoms with Crippen molar-refractivity contribution in [3.05, 3.63) is 35.9 Å². The molecule has 1 heterocycles. The van der Waals surface area contributed by atoms with E-state index in [1.807, 2.05) is 32.0 Å². The lowest BCUT2D eigenvalue weighted by Crippen LogP contribution is -2.68. The fourth-order valence-electron chi connectivity index (χ4n) is 4.33. The van der Waals surface area contributed by atoms with Gasteiger partial charge in [-0.1, -0.05) is 44.2 Å². The molecular formula is C25H41NO7. The second kappa shape index (κ2) is 12.2. The molecule has 0 aliphatic carbocycles. The molecule has 0 N–H and O–H groups in total. The highest BCUT2D eigenvalue weighted by atomic mass is 16.8. The van der Waals surface area contributed by atoms with Crippen molar-refractivity contribution in [3.63, 3.8) is 0 Å². The molecule has 0 spiro atoms. The Morgan fingerprint density at radius 2 is 1.58 bits per heavy atom. The molecule has 1 aliphatic heterocycles. The molecule has 1 saturated heterocycles. The second-order valence-corrected chi connectivity index (χ2v) is 8.77. The molecule has 4 atom stereocenters. The van der Waals surface area contributed by atoms with Gasteiger partial charge in [0.2, 0.25) is 5.79 Å². The quantitative estimate of drug-likeness (QED) is 0.322. The number of hydrogen-bond donors (Lipinski definition) is 0. The van der Waals surface area contributed by atoms with Crippen molar-refractivity contribution in [3.8, 4) is 0 Å². The van der Waals surface area contributed by atoms with Crippen molar-refractivity contribution in [2.75, 3.05) is 34.0 Å². The molecule has 8 heteroatoms. The van der Waals surface area contributed by atoms with E-state index in [0.717, 1.165) is 5.56 Å². The first-order valence-corrected chi connectivity index (χ1v) is 11.7. The molecular weight excluding hydrogens is 426 g/mol. The summed E-state index contributed by atoms with van der Waals surface area (Å²) >= 11 is 0. The van der Waals surface area contributed by atoms with Gasteiger partial charge in [-0.2, -0.15) is 0 Å². The van der Waals surface area contributed by atoms with Crippen LogP contribution in [0.25, 0.3) is 0 Å². The van der Waals surface area contributed by atoms with Crippen molar-refractivity contribution < 1.29 is 33.2 Å². The van der Waals surface area contributed by atoms with Gasteiger partial charge in [-0.3, -0.25) is 4.90 Å². The highest BCUT2D eigenvalue weighted by Crippen LogP contribution is 2.40. The van der Waals surface area contributed by atoms with Gasteiger partial charge >= 0.3 is 5.97 Å². The monoisotopic (exact) mass is 467 g/mol. The zero-order valence-corrected chi connectivity index (χ0v) is 21.3. The van der Waals surface area contributed by atoms with Crippen LogP contribution in [0.1, 0.15) is 47.1 Å². The van der Waals surface area contributed by atoms with E-state index in [-0.39, 0.29) is 12.0 Å². The summed E-state index contributed by atoms with van der Waals surface area (Å²) in [6.07, 6.45) is -1.37. The number of esters is 1. The fourth-order valence-corrected chi connectivity index (χ4v) is 4.33. The Balaban J connectivity index is 2.44. The standard InChI is InChI=1S/C25H41NO7/c1-9-30-24(5)25(6,31-10-2)33-23(27)22(32-24)21(18(3)4)26(17-20(28-7)29-8)16-19-14-12-11-13-15-19/h11-15,18,20-22H,9-10,16-17H2,1-8H3/t21-,22+,24-,25-/m0/s1. The molecule has 188 valence electrons. The topological polar surface area (TPSA) is 75.7 Å². The smallest absolute Gasteiger partial charge is 0.339 e. The van der Waals surface area contributed by atoms with E-state index in [2.05, 4.69) is 30.9 Å². The van der Waals surface area contributed by atoms with Crippen LogP contribution in [0, 0.1) is 5.92 Å². The van der Waals surface area contributed by atoms with Gasteiger partial charge in [0.15, 0.2) is 12.4 Å². The molecule has 0 unspecified atom stereocenters. The lowest BCUT2D eigenvalue weighted by Gasteiger charge is -2.51. The summed E-state index contributed by atoms with van der Waals surface area (Å²) in [6, 6.07) is 9.73. The number of carbonyl (C=O) groups excluding carboxylic acids is 1. The number of hydrogen-bond acceptors (Lipinski definition) is 8. The summed E-state index contributed by atoms with van der Waals surface area (Å²) < 4.78 is 35.1. The van der Waals surface area contributed by atoms with Crippen LogP contribution >= 0.6 is 0 Å². The van der Waals surface area contributed by atoms with Crippen molar-refractivity contribution in [1.29, 1.82) is 0 Å². The summed E-state index contributed by atoms with van der Waals surface area (Å²) in [7, 11) is 3.20. The molecule has 33 heavy (non-hydrogen) atoms. The Bertz CT molecular complexity index is 727. The van der Waals surface area contributed by atoms with E-state index in [9.17, 15) is 4.79 Å². The normalized spacial score (nSPS) is 26.8. The third kappa shape index (κ3) is 6.53. The Kier molecular flexibility index (Phi) is 10.3. The number of carbonyl (C=O) groups is 1. The number of methoxy groups -OCH3 is 2. The van der Waals surface area contributed by atoms with E-state index in [1.54, 1.807) is 28.1 Å². The van der Waals surface area contributed by atoms with Crippen LogP contribution in [0.2, 0.25) is 0 Å². The van der Waals surface area contributed by atoms with Gasteiger partial charge in [0.05, 0.1) is 6.54 Å². The van der Waals surface area contributed by atoms with Crippen LogP contribution in [0.15, 0.2) is 30.3 Å². The van der Waals surface area contributed by atoms with Gasteiger partial charge in [-0.05, 0) is 32.3 Å². The molecule has 2 rings (SSSR count). The first kappa shape index (κ1) is 27.7. The summed E-state index contributed by atoms with van der Waals surface area (Å²) in [5.41, 5.74) is 1.10. The molecule has 0 bridgehead atoms. The molecule has 1 aromatic rings. The predicted molar refractivity (Wildman–Crippen MR) is 124 cm³/mol. The van der Waals surface area contributed by atoms with E-state index in [4.69, 9.17) is 28.4 Å². The third-order valence-electron chi connectivity index (χ3n) is 6.10. The SMILES string of the molecule is CCO[C@@]1(C)OC(=O)[C@@H]([C@H](C(C)C)N(Cc2ccccc2)CC(OC)OC)O[C@]1(C)OCC. The zero-order chi connectivity index (χ0) is 24.6. The summed E-state index contributed by atoms with van der Waals surface area (Å²) in [5.74, 6) is -3.07. The molecule has 8 nitrogen and oxygen atoms in total. The highest BCUT2D eigenvalue weighted by molar-refractivity contribution is 5.77. The summed E-state index contributed by atoms with van der Waals surface area (Å²) in [4.78, 5) is 15.5. The zero-order valence-electron chi connectivity index (χ0n) is 21.3. The molecule has 1 aliphatic rings. The van der Waals surface area contributed by atoms with Crippen LogP contribution in [-0.2, 0) is 39.8 Å². The first-order chi connectivity index (χ1) is 15.6. The summed E-state index contributed by atoms with van der Waals surface area (Å²) in [5, 5.41) is 0. The minimum absolute atomic E-state index is 0.0444. The van der Waals surface area contributed by atoms with E-state index >= 15 is 0 Å². The van der Waals surface area contributed by atoms with E-state index in [0.29, 0.717) is 26.3 Å². The average Bonchev–Trinajstić information content (AvgIpc) is 2.76. The predicted octanol–water partition coefficient (Wildman–Crippen LogP) is 3.58. The molecule has 0 radical (unpaired) electrons. The lowest BCUT2D eigenvalue weighted by molar-refractivity contribution is -0.418. The minimum Gasteiger partial charge on any atom is -0.425 e. The van der Waals surface area contributed by atoms with Crippen molar-refractivity contribution >= 4 is 5.97 Å². The molecule has 1 aromatic carbocycles. The number of benzene rings is 1. The Morgan fingerprint density at radius 1 is 1.00 bits per heavy atom. The number of ether oxygens (including phenoxy) is 6. The average molecular weight is 468 g/mol. The number of cyclic esters (lactones) is 1. The van der Waals surface area contributed by atoms with Gasteiger partial charge in [-0.15, -0.1) is 0 Å². The molecule has 0 saturated carbocycles. The first-order valence-electron chi connectivity index (χ1n) is 11.7. The lowest BCUT2D eigenvalue weighted by atomic mass is 9.93. The second-order valence-electron chi connectivity index (χ2n) is 8.77. The van der Waals surface area contributed by atoms with E-state index in [1.165, 1.54) is 0 Å². The van der Waals surface area contributed by atoms with Crippen molar-refractivity contribution in [2.45, 2.75) is 78.1 Å². The van der Waals surface area contributed by atoms with Gasteiger partial charge in [0, 0.05) is 46.9 Å². The van der Waals surface area contributed by atoms with Crippen LogP contribution in [0.4, 0.5) is 0 Å². The maximum absolute atomic E-state index is 13.3. The van der Waals surface area contributed by atoms with E-state index < -0.39 is 29.9 Å². The molecule has 0 amide bonds. The van der Waals surface area contributed by atoms with Crippen LogP contribution in [-0.4, -0.2) is 74.9 Å². The van der Waals surface area contributed by atoms with Gasteiger partial charge in [0.1, 0.15) is 0 Å². The van der Waals surface area contributed by atoms with Crippen LogP contribution in [0.3, 0.4) is 0 Å². The fraction of sp³-hybridized carbons (Fsp3) is 0.720. The number of nitrogens with zero attached hydrogens (tertiary/aromatic N) is 1. The van der Waals surface area contributed by atoms with Crippen LogP contribution in [0.5, 0.6) is 0 Å². The maximum Gasteiger partial charge on any atom is 0.339 e. The number of rotatable bonds is 13. The molecule has 1 fully saturated rings.